The van der Waals surface area contributed by atoms with Crippen molar-refractivity contribution in [3.8, 4) is 0 Å². The summed E-state index contributed by atoms with van der Waals surface area (Å²) >= 11 is 0. The molecule has 0 amide bonds. The molecular formula is C9H18O4Si. The predicted molar refractivity (Wildman–Crippen MR) is 52.9 cm³/mol. The molecular weight excluding hydrogens is 200 g/mol. The van der Waals surface area contributed by atoms with Gasteiger partial charge in [-0.3, -0.25) is 0 Å². The minimum absolute atomic E-state index is 0.207. The van der Waals surface area contributed by atoms with Crippen molar-refractivity contribution in [2.45, 2.75) is 56.8 Å². The lowest BCUT2D eigenvalue weighted by Crippen LogP contribution is -2.63. The number of fused-ring (bicyclic) bond motifs is 2. The van der Waals surface area contributed by atoms with Crippen molar-refractivity contribution >= 4 is 8.56 Å². The monoisotopic (exact) mass is 218 g/mol. The van der Waals surface area contributed by atoms with E-state index in [0.717, 1.165) is 18.9 Å². The lowest BCUT2D eigenvalue weighted by molar-refractivity contribution is -0.198. The van der Waals surface area contributed by atoms with Gasteiger partial charge in [0.15, 0.2) is 6.29 Å². The Labute approximate surface area is 85.1 Å². The molecule has 2 aliphatic heterocycles. The average molecular weight is 218 g/mol. The Kier molecular flexibility index (Phi) is 2.70. The van der Waals surface area contributed by atoms with E-state index >= 15 is 0 Å². The molecule has 0 aromatic rings. The molecule has 2 rings (SSSR count). The minimum atomic E-state index is -2.23. The number of aliphatic hydroxyl groups is 2. The van der Waals surface area contributed by atoms with Crippen LogP contribution in [0.4, 0.5) is 0 Å². The van der Waals surface area contributed by atoms with Gasteiger partial charge < -0.3 is 19.1 Å². The molecule has 4 nitrogen and oxygen atoms in total. The van der Waals surface area contributed by atoms with Crippen LogP contribution < -0.4 is 0 Å². The van der Waals surface area contributed by atoms with E-state index in [1.165, 1.54) is 0 Å². The fraction of sp³-hybridized carbons (Fsp3) is 1.00. The van der Waals surface area contributed by atoms with E-state index in [4.69, 9.17) is 8.85 Å². The van der Waals surface area contributed by atoms with Crippen molar-refractivity contribution in [2.24, 2.45) is 0 Å². The summed E-state index contributed by atoms with van der Waals surface area (Å²) in [5.41, 5.74) is 0.326. The van der Waals surface area contributed by atoms with E-state index in [1.807, 2.05) is 0 Å². The first-order chi connectivity index (χ1) is 6.55. The normalized spacial score (nSPS) is 48.2. The topological polar surface area (TPSA) is 58.9 Å². The zero-order valence-electron chi connectivity index (χ0n) is 8.64. The van der Waals surface area contributed by atoms with Gasteiger partial charge in [0.2, 0.25) is 0 Å². The second-order valence-corrected chi connectivity index (χ2v) is 8.26. The molecule has 0 radical (unpaired) electrons. The average Bonchev–Trinajstić information content (AvgIpc) is 2.15. The Morgan fingerprint density at radius 1 is 1.29 bits per heavy atom. The van der Waals surface area contributed by atoms with Gasteiger partial charge >= 0.3 is 8.56 Å². The fourth-order valence-corrected chi connectivity index (χ4v) is 5.70. The molecule has 2 aliphatic rings. The molecule has 0 aromatic carbocycles. The minimum Gasteiger partial charge on any atom is -0.388 e. The third-order valence-electron chi connectivity index (χ3n) is 3.24. The lowest BCUT2D eigenvalue weighted by atomic mass is 10.1. The smallest absolute Gasteiger partial charge is 0.343 e. The highest BCUT2D eigenvalue weighted by atomic mass is 28.4. The van der Waals surface area contributed by atoms with Crippen LogP contribution in [0.2, 0.25) is 11.6 Å². The standard InChI is InChI=1S/C9H18O4Si/c1-6(2)14-5-3-4-7(12-14)8(10)9(11)13-14/h6-11H,3-5H2,1-2H3. The molecule has 2 bridgehead atoms. The van der Waals surface area contributed by atoms with E-state index in [-0.39, 0.29) is 6.10 Å². The van der Waals surface area contributed by atoms with Gasteiger partial charge in [-0.15, -0.1) is 0 Å². The third-order valence-corrected chi connectivity index (χ3v) is 7.39. The molecule has 2 heterocycles. The summed E-state index contributed by atoms with van der Waals surface area (Å²) in [4.78, 5) is 0. The van der Waals surface area contributed by atoms with E-state index in [9.17, 15) is 10.2 Å². The molecule has 2 saturated heterocycles. The van der Waals surface area contributed by atoms with Gasteiger partial charge in [0.05, 0.1) is 6.10 Å². The Balaban J connectivity index is 2.19. The Morgan fingerprint density at radius 3 is 2.64 bits per heavy atom. The highest BCUT2D eigenvalue weighted by molar-refractivity contribution is 6.69. The van der Waals surface area contributed by atoms with Crippen LogP contribution in [-0.4, -0.2) is 37.3 Å². The number of hydrogen-bond acceptors (Lipinski definition) is 4. The Morgan fingerprint density at radius 2 is 2.00 bits per heavy atom. The van der Waals surface area contributed by atoms with Crippen molar-refractivity contribution in [3.63, 3.8) is 0 Å². The number of hydrogen-bond donors (Lipinski definition) is 2. The van der Waals surface area contributed by atoms with Gasteiger partial charge in [-0.25, -0.2) is 0 Å². The van der Waals surface area contributed by atoms with Crippen molar-refractivity contribution in [2.75, 3.05) is 0 Å². The number of aliphatic hydroxyl groups excluding tert-OH is 2. The fourth-order valence-electron chi connectivity index (χ4n) is 2.27. The summed E-state index contributed by atoms with van der Waals surface area (Å²) in [5, 5.41) is 19.2. The zero-order valence-corrected chi connectivity index (χ0v) is 9.64. The summed E-state index contributed by atoms with van der Waals surface area (Å²) in [6.45, 7) is 4.14. The second kappa shape index (κ2) is 3.57. The second-order valence-electron chi connectivity index (χ2n) is 4.51. The van der Waals surface area contributed by atoms with Crippen LogP contribution in [0.1, 0.15) is 26.7 Å². The van der Waals surface area contributed by atoms with Crippen LogP contribution in [0.25, 0.3) is 0 Å². The van der Waals surface area contributed by atoms with Gasteiger partial charge in [0.25, 0.3) is 0 Å². The van der Waals surface area contributed by atoms with Gasteiger partial charge in [-0.1, -0.05) is 13.8 Å². The van der Waals surface area contributed by atoms with E-state index < -0.39 is 21.0 Å². The maximum atomic E-state index is 9.61. The molecule has 4 unspecified atom stereocenters. The molecule has 5 heteroatoms. The first-order valence-corrected chi connectivity index (χ1v) is 7.37. The molecule has 4 atom stereocenters. The molecule has 2 fully saturated rings. The first kappa shape index (κ1) is 10.6. The van der Waals surface area contributed by atoms with Crippen LogP contribution in [0.3, 0.4) is 0 Å². The van der Waals surface area contributed by atoms with Crippen LogP contribution >= 0.6 is 0 Å². The van der Waals surface area contributed by atoms with Crippen LogP contribution in [0.5, 0.6) is 0 Å². The summed E-state index contributed by atoms with van der Waals surface area (Å²) in [6, 6.07) is 0.935. The molecule has 0 aromatic heterocycles. The summed E-state index contributed by atoms with van der Waals surface area (Å²) < 4.78 is 11.4. The summed E-state index contributed by atoms with van der Waals surface area (Å²) in [5.74, 6) is 0. The van der Waals surface area contributed by atoms with Crippen LogP contribution in [0, 0.1) is 0 Å². The quantitative estimate of drug-likeness (QED) is 0.637. The Hall–Kier alpha value is 0.0569. The van der Waals surface area contributed by atoms with Gasteiger partial charge in [0.1, 0.15) is 6.10 Å². The molecule has 82 valence electrons. The summed E-state index contributed by atoms with van der Waals surface area (Å²) in [7, 11) is -2.23. The maximum absolute atomic E-state index is 9.61. The third kappa shape index (κ3) is 1.53. The predicted octanol–water partition coefficient (Wildman–Crippen LogP) is 0.727. The SMILES string of the molecule is CC(C)[Si]12CCCC(O1)C(O)C(O)O2. The molecule has 0 spiro atoms. The highest BCUT2D eigenvalue weighted by Crippen LogP contribution is 2.41. The van der Waals surface area contributed by atoms with E-state index in [0.29, 0.717) is 5.54 Å². The first-order valence-electron chi connectivity index (χ1n) is 5.27. The van der Waals surface area contributed by atoms with Crippen molar-refractivity contribution in [1.82, 2.24) is 0 Å². The van der Waals surface area contributed by atoms with Crippen LogP contribution in [-0.2, 0) is 8.85 Å². The van der Waals surface area contributed by atoms with E-state index in [2.05, 4.69) is 13.8 Å². The maximum Gasteiger partial charge on any atom is 0.343 e. The largest absolute Gasteiger partial charge is 0.388 e. The Bertz CT molecular complexity index is 219. The van der Waals surface area contributed by atoms with Gasteiger partial charge in [0, 0.05) is 0 Å². The van der Waals surface area contributed by atoms with Gasteiger partial charge in [-0.2, -0.15) is 0 Å². The van der Waals surface area contributed by atoms with Crippen molar-refractivity contribution in [3.05, 3.63) is 0 Å². The van der Waals surface area contributed by atoms with Crippen molar-refractivity contribution < 1.29 is 19.1 Å². The molecule has 0 aliphatic carbocycles. The van der Waals surface area contributed by atoms with E-state index in [1.54, 1.807) is 0 Å². The lowest BCUT2D eigenvalue weighted by Gasteiger charge is -2.49. The highest BCUT2D eigenvalue weighted by Gasteiger charge is 2.54. The molecule has 0 saturated carbocycles. The molecule has 14 heavy (non-hydrogen) atoms. The zero-order chi connectivity index (χ0) is 10.3. The molecule has 2 N–H and O–H groups in total. The van der Waals surface area contributed by atoms with Crippen LogP contribution in [0.15, 0.2) is 0 Å². The number of rotatable bonds is 1. The summed E-state index contributed by atoms with van der Waals surface area (Å²) in [6.07, 6.45) is -0.235. The van der Waals surface area contributed by atoms with Gasteiger partial charge in [-0.05, 0) is 24.4 Å². The van der Waals surface area contributed by atoms with Crippen molar-refractivity contribution in [1.29, 1.82) is 0 Å².